The zero-order chi connectivity index (χ0) is 0. The number of rotatable bonds is 0. The van der Waals surface area contributed by atoms with Gasteiger partial charge in [-0.15, -0.1) is 0 Å². The van der Waals surface area contributed by atoms with E-state index in [1.807, 2.05) is 0 Å². The van der Waals surface area contributed by atoms with Crippen molar-refractivity contribution >= 4 is 0 Å². The van der Waals surface area contributed by atoms with Crippen LogP contribution >= 0.6 is 0 Å². The summed E-state index contributed by atoms with van der Waals surface area (Å²) in [4.78, 5) is 0. The quantitative estimate of drug-likeness (QED) is 0.404. The zero-order valence-corrected chi connectivity index (χ0v) is 10.2. The van der Waals surface area contributed by atoms with Crippen LogP contribution in [0.4, 0.5) is 0 Å². The van der Waals surface area contributed by atoms with E-state index >= 15 is 0 Å². The maximum atomic E-state index is 0. The first kappa shape index (κ1) is 39.4. The topological polar surface area (TPSA) is 0 Å². The second-order valence-corrected chi connectivity index (χ2v) is 0. The first-order chi connectivity index (χ1) is 0. The molecule has 4 radical (unpaired) electrons. The standard InChI is InChI=1S/Ag.Au.Cu.Nb.Ti. The maximum absolute atomic E-state index is 0. The molecule has 0 heterocycles. The van der Waals surface area contributed by atoms with Gasteiger partial charge in [0.15, 0.2) is 0 Å². The van der Waals surface area contributed by atoms with E-state index in [9.17, 15) is 0 Å². The molecule has 0 fully saturated rings. The van der Waals surface area contributed by atoms with Gasteiger partial charge in [-0.05, 0) is 0 Å². The van der Waals surface area contributed by atoms with E-state index in [1.165, 1.54) is 0 Å². The fourth-order valence-corrected chi connectivity index (χ4v) is 0. The third-order valence-corrected chi connectivity index (χ3v) is 0. The Kier molecular flexibility index (Phi) is 205. The second-order valence-electron chi connectivity index (χ2n) is 0. The van der Waals surface area contributed by atoms with Gasteiger partial charge in [-0.1, -0.05) is 0 Å². The Morgan fingerprint density at radius 2 is 1.00 bits per heavy atom. The zero-order valence-electron chi connectivity index (χ0n) is 1.85. The Hall–Kier alpha value is 3.45. The average molecular weight is 509 g/mol. The first-order valence-electron chi connectivity index (χ1n) is 0. The van der Waals surface area contributed by atoms with E-state index in [-0.39, 0.29) is 106 Å². The fourth-order valence-electron chi connectivity index (χ4n) is 0. The SMILES string of the molecule is [Ag].[Au].[Cu].[Nb].[Ti]. The van der Waals surface area contributed by atoms with E-state index in [1.54, 1.807) is 0 Å². The minimum absolute atomic E-state index is 0. The summed E-state index contributed by atoms with van der Waals surface area (Å²) in [6.45, 7) is 0. The predicted octanol–water partition coefficient (Wildman–Crippen LogP) is -0.0125. The van der Waals surface area contributed by atoms with Crippen LogP contribution in [0.25, 0.3) is 0 Å². The molecule has 0 saturated heterocycles. The van der Waals surface area contributed by atoms with Crippen molar-refractivity contribution in [3.63, 3.8) is 0 Å². The molecular weight excluding hydrogens is 509 g/mol. The van der Waals surface area contributed by atoms with Crippen molar-refractivity contribution in [1.29, 1.82) is 0 Å². The van der Waals surface area contributed by atoms with Gasteiger partial charge in [-0.25, -0.2) is 0 Å². The predicted molar refractivity (Wildman–Crippen MR) is 0 cm³/mol. The van der Waals surface area contributed by atoms with Crippen LogP contribution in [0, 0.1) is 0 Å². The number of hydrogen-bond acceptors (Lipinski definition) is 0. The van der Waals surface area contributed by atoms with Gasteiger partial charge in [-0.2, -0.15) is 0 Å². The third kappa shape index (κ3) is 18.6. The van der Waals surface area contributed by atoms with Gasteiger partial charge in [0.25, 0.3) is 0 Å². The molecule has 0 unspecified atom stereocenters. The molecule has 0 rings (SSSR count). The van der Waals surface area contributed by atoms with E-state index in [0.29, 0.717) is 0 Å². The van der Waals surface area contributed by atoms with Crippen molar-refractivity contribution in [2.24, 2.45) is 0 Å². The second kappa shape index (κ2) is 26.0. The molecular formula is AgAuCuNbTi. The summed E-state index contributed by atoms with van der Waals surface area (Å²) in [5, 5.41) is 0. The van der Waals surface area contributed by atoms with Gasteiger partial charge in [0, 0.05) is 106 Å². The van der Waals surface area contributed by atoms with Crippen molar-refractivity contribution in [2.45, 2.75) is 0 Å². The van der Waals surface area contributed by atoms with Crippen LogP contribution in [0.1, 0.15) is 0 Å². The Bertz CT molecular complexity index is 11.6. The Morgan fingerprint density at radius 3 is 1.00 bits per heavy atom. The van der Waals surface area contributed by atoms with Crippen molar-refractivity contribution in [3.8, 4) is 0 Å². The molecule has 0 aliphatic heterocycles. The fraction of sp³-hybridized carbons (Fsp3) is 0. The molecule has 0 aromatic carbocycles. The van der Waals surface area contributed by atoms with E-state index in [4.69, 9.17) is 0 Å². The summed E-state index contributed by atoms with van der Waals surface area (Å²) in [5.74, 6) is 0. The van der Waals surface area contributed by atoms with Gasteiger partial charge in [-0.3, -0.25) is 0 Å². The summed E-state index contributed by atoms with van der Waals surface area (Å²) in [5.41, 5.74) is 0. The molecule has 0 amide bonds. The van der Waals surface area contributed by atoms with E-state index < -0.39 is 0 Å². The van der Waals surface area contributed by atoms with Crippen molar-refractivity contribution in [3.05, 3.63) is 0 Å². The summed E-state index contributed by atoms with van der Waals surface area (Å²) in [7, 11) is 0. The van der Waals surface area contributed by atoms with Crippen molar-refractivity contribution in [1.82, 2.24) is 0 Å². The summed E-state index contributed by atoms with van der Waals surface area (Å²) in [6.07, 6.45) is 0. The van der Waals surface area contributed by atoms with E-state index in [0.717, 1.165) is 0 Å². The molecule has 0 nitrogen and oxygen atoms in total. The molecule has 42 valence electrons. The Morgan fingerprint density at radius 1 is 1.00 bits per heavy atom. The molecule has 0 N–H and O–H groups in total. The largest absolute Gasteiger partial charge is 0 e. The normalized spacial score (nSPS) is 0. The van der Waals surface area contributed by atoms with Crippen LogP contribution in [0.15, 0.2) is 0 Å². The van der Waals surface area contributed by atoms with Crippen LogP contribution in [0.5, 0.6) is 0 Å². The minimum atomic E-state index is 0. The van der Waals surface area contributed by atoms with Crippen LogP contribution in [-0.4, -0.2) is 0 Å². The molecule has 0 aromatic heterocycles. The third-order valence-electron chi connectivity index (χ3n) is 0. The Labute approximate surface area is 104 Å². The summed E-state index contributed by atoms with van der Waals surface area (Å²) in [6, 6.07) is 0. The van der Waals surface area contributed by atoms with Gasteiger partial charge in [0.05, 0.1) is 0 Å². The van der Waals surface area contributed by atoms with Crippen LogP contribution in [-0.2, 0) is 106 Å². The van der Waals surface area contributed by atoms with Crippen LogP contribution in [0.2, 0.25) is 0 Å². The molecule has 0 saturated carbocycles. The monoisotopic (exact) mass is 508 g/mol. The first-order valence-corrected chi connectivity index (χ1v) is 0. The van der Waals surface area contributed by atoms with Crippen LogP contribution in [0.3, 0.4) is 0 Å². The summed E-state index contributed by atoms with van der Waals surface area (Å²) >= 11 is 0. The average Bonchev–Trinajstić information content (AvgIpc) is 0. The van der Waals surface area contributed by atoms with Gasteiger partial charge in [0.2, 0.25) is 0 Å². The van der Waals surface area contributed by atoms with Gasteiger partial charge >= 0.3 is 0 Å². The maximum Gasteiger partial charge on any atom is 0 e. The molecule has 0 aliphatic rings. The molecule has 5 heteroatoms. The molecule has 5 heavy (non-hydrogen) atoms. The Balaban J connectivity index is 0. The van der Waals surface area contributed by atoms with Gasteiger partial charge < -0.3 is 0 Å². The molecule has 0 atom stereocenters. The van der Waals surface area contributed by atoms with Gasteiger partial charge in [0.1, 0.15) is 0 Å². The van der Waals surface area contributed by atoms with Crippen molar-refractivity contribution in [2.75, 3.05) is 0 Å². The molecule has 0 aliphatic carbocycles. The minimum Gasteiger partial charge on any atom is 0 e. The molecule has 0 bridgehead atoms. The smallest absolute Gasteiger partial charge is 0 e. The molecule has 0 spiro atoms. The van der Waals surface area contributed by atoms with E-state index in [2.05, 4.69) is 0 Å². The molecule has 0 aromatic rings. The van der Waals surface area contributed by atoms with Crippen molar-refractivity contribution < 1.29 is 106 Å². The number of hydrogen-bond donors (Lipinski definition) is 0. The summed E-state index contributed by atoms with van der Waals surface area (Å²) < 4.78 is 0. The van der Waals surface area contributed by atoms with Crippen LogP contribution < -0.4 is 0 Å².